The molecule has 0 fully saturated rings. The zero-order chi connectivity index (χ0) is 19.4. The van der Waals surface area contributed by atoms with Crippen molar-refractivity contribution in [2.45, 2.75) is 6.92 Å². The number of rotatable bonds is 6. The summed E-state index contributed by atoms with van der Waals surface area (Å²) >= 11 is 0. The van der Waals surface area contributed by atoms with Crippen molar-refractivity contribution in [1.82, 2.24) is 0 Å². The lowest BCUT2D eigenvalue weighted by molar-refractivity contribution is 0.0692. The van der Waals surface area contributed by atoms with Crippen molar-refractivity contribution in [3.8, 4) is 17.2 Å². The molecule has 27 heavy (non-hydrogen) atoms. The van der Waals surface area contributed by atoms with E-state index in [-0.39, 0.29) is 17.1 Å². The first-order chi connectivity index (χ1) is 13.0. The van der Waals surface area contributed by atoms with Crippen LogP contribution in [0.2, 0.25) is 0 Å². The maximum atomic E-state index is 12.5. The van der Waals surface area contributed by atoms with Gasteiger partial charge in [0.05, 0.1) is 7.11 Å². The van der Waals surface area contributed by atoms with Gasteiger partial charge in [-0.05, 0) is 49.4 Å². The molecule has 3 rings (SSSR count). The van der Waals surface area contributed by atoms with Gasteiger partial charge in [-0.25, -0.2) is 4.79 Å². The highest BCUT2D eigenvalue weighted by atomic mass is 16.5. The number of aromatic carboxylic acids is 1. The Morgan fingerprint density at radius 1 is 0.815 bits per heavy atom. The first-order valence-electron chi connectivity index (χ1n) is 8.28. The van der Waals surface area contributed by atoms with E-state index < -0.39 is 5.97 Å². The Bertz CT molecular complexity index is 973. The monoisotopic (exact) mass is 362 g/mol. The van der Waals surface area contributed by atoms with E-state index in [1.54, 1.807) is 42.5 Å². The summed E-state index contributed by atoms with van der Waals surface area (Å²) in [5.41, 5.74) is 2.28. The molecule has 0 saturated carbocycles. The van der Waals surface area contributed by atoms with Crippen LogP contribution in [-0.4, -0.2) is 24.0 Å². The van der Waals surface area contributed by atoms with Gasteiger partial charge < -0.3 is 14.6 Å². The number of carbonyl (C=O) groups is 2. The number of ether oxygens (including phenoxy) is 2. The molecule has 0 heterocycles. The standard InChI is InChI=1S/C22H18O5/c1-14-3-5-15(6-4-14)21(23)16-7-9-17(10-8-16)27-18-11-12-20(26-2)19(13-18)22(24)25/h3-13H,1-2H3,(H,24,25). The van der Waals surface area contributed by atoms with Crippen LogP contribution in [0.4, 0.5) is 0 Å². The predicted octanol–water partition coefficient (Wildman–Crippen LogP) is 4.73. The average molecular weight is 362 g/mol. The molecule has 0 aliphatic heterocycles. The van der Waals surface area contributed by atoms with Gasteiger partial charge in [0.15, 0.2) is 5.78 Å². The molecule has 0 aromatic heterocycles. The number of hydrogen-bond donors (Lipinski definition) is 1. The zero-order valence-corrected chi connectivity index (χ0v) is 14.9. The fourth-order valence-electron chi connectivity index (χ4n) is 2.60. The summed E-state index contributed by atoms with van der Waals surface area (Å²) in [5.74, 6) is -0.0489. The van der Waals surface area contributed by atoms with Crippen LogP contribution in [0.15, 0.2) is 66.7 Å². The van der Waals surface area contributed by atoms with Crippen molar-refractivity contribution in [2.75, 3.05) is 7.11 Å². The molecule has 0 atom stereocenters. The topological polar surface area (TPSA) is 72.8 Å². The number of carboxylic acid groups (broad SMARTS) is 1. The number of aryl methyl sites for hydroxylation is 1. The van der Waals surface area contributed by atoms with Crippen molar-refractivity contribution in [2.24, 2.45) is 0 Å². The van der Waals surface area contributed by atoms with Crippen LogP contribution in [0, 0.1) is 6.92 Å². The molecule has 0 saturated heterocycles. The molecule has 1 N–H and O–H groups in total. The Morgan fingerprint density at radius 3 is 1.93 bits per heavy atom. The van der Waals surface area contributed by atoms with Gasteiger partial charge in [0, 0.05) is 11.1 Å². The SMILES string of the molecule is COc1ccc(Oc2ccc(C(=O)c3ccc(C)cc3)cc2)cc1C(=O)O. The van der Waals surface area contributed by atoms with E-state index in [0.717, 1.165) is 5.56 Å². The van der Waals surface area contributed by atoms with Gasteiger partial charge in [0.2, 0.25) is 0 Å². The molecular weight excluding hydrogens is 344 g/mol. The van der Waals surface area contributed by atoms with Gasteiger partial charge in [-0.2, -0.15) is 0 Å². The summed E-state index contributed by atoms with van der Waals surface area (Å²) in [6.07, 6.45) is 0. The minimum absolute atomic E-state index is 0.0150. The van der Waals surface area contributed by atoms with Gasteiger partial charge >= 0.3 is 5.97 Å². The van der Waals surface area contributed by atoms with E-state index >= 15 is 0 Å². The third-order valence-electron chi connectivity index (χ3n) is 4.07. The summed E-state index contributed by atoms with van der Waals surface area (Å²) < 4.78 is 10.7. The van der Waals surface area contributed by atoms with Gasteiger partial charge in [-0.15, -0.1) is 0 Å². The molecule has 0 bridgehead atoms. The Kier molecular flexibility index (Phi) is 5.22. The maximum Gasteiger partial charge on any atom is 0.339 e. The number of benzene rings is 3. The van der Waals surface area contributed by atoms with E-state index in [0.29, 0.717) is 22.6 Å². The van der Waals surface area contributed by atoms with Crippen LogP contribution in [-0.2, 0) is 0 Å². The smallest absolute Gasteiger partial charge is 0.339 e. The molecule has 136 valence electrons. The van der Waals surface area contributed by atoms with Gasteiger partial charge in [0.25, 0.3) is 0 Å². The van der Waals surface area contributed by atoms with Crippen LogP contribution in [0.3, 0.4) is 0 Å². The Hall–Kier alpha value is -3.60. The van der Waals surface area contributed by atoms with Crippen LogP contribution in [0.1, 0.15) is 31.8 Å². The summed E-state index contributed by atoms with van der Waals surface area (Å²) in [6, 6.07) is 18.6. The molecule has 0 amide bonds. The second-order valence-corrected chi connectivity index (χ2v) is 5.99. The maximum absolute atomic E-state index is 12.5. The van der Waals surface area contributed by atoms with Gasteiger partial charge in [0.1, 0.15) is 22.8 Å². The molecule has 0 unspecified atom stereocenters. The molecule has 5 heteroatoms. The van der Waals surface area contributed by atoms with Crippen LogP contribution >= 0.6 is 0 Å². The largest absolute Gasteiger partial charge is 0.496 e. The van der Waals surface area contributed by atoms with Crippen molar-refractivity contribution >= 4 is 11.8 Å². The number of hydrogen-bond acceptors (Lipinski definition) is 4. The molecule has 5 nitrogen and oxygen atoms in total. The number of carbonyl (C=O) groups excluding carboxylic acids is 1. The van der Waals surface area contributed by atoms with Crippen molar-refractivity contribution in [1.29, 1.82) is 0 Å². The van der Waals surface area contributed by atoms with Gasteiger partial charge in [-0.1, -0.05) is 29.8 Å². The highest BCUT2D eigenvalue weighted by Crippen LogP contribution is 2.28. The molecule has 0 aliphatic rings. The summed E-state index contributed by atoms with van der Waals surface area (Å²) in [4.78, 5) is 23.8. The Balaban J connectivity index is 1.78. The highest BCUT2D eigenvalue weighted by Gasteiger charge is 2.13. The van der Waals surface area contributed by atoms with E-state index in [1.807, 2.05) is 19.1 Å². The average Bonchev–Trinajstić information content (AvgIpc) is 2.68. The minimum atomic E-state index is -1.10. The lowest BCUT2D eigenvalue weighted by Gasteiger charge is -2.10. The van der Waals surface area contributed by atoms with E-state index in [2.05, 4.69) is 0 Å². The predicted molar refractivity (Wildman–Crippen MR) is 101 cm³/mol. The second kappa shape index (κ2) is 7.74. The van der Waals surface area contributed by atoms with Crippen molar-refractivity contribution in [3.05, 3.63) is 89.0 Å². The van der Waals surface area contributed by atoms with E-state index in [1.165, 1.54) is 19.2 Å². The van der Waals surface area contributed by atoms with Crippen LogP contribution in [0.25, 0.3) is 0 Å². The van der Waals surface area contributed by atoms with E-state index in [4.69, 9.17) is 9.47 Å². The normalized spacial score (nSPS) is 10.3. The second-order valence-electron chi connectivity index (χ2n) is 5.99. The Labute approximate surface area is 156 Å². The first kappa shape index (κ1) is 18.2. The van der Waals surface area contributed by atoms with Gasteiger partial charge in [-0.3, -0.25) is 4.79 Å². The molecule has 0 spiro atoms. The summed E-state index contributed by atoms with van der Waals surface area (Å²) in [5, 5.41) is 9.24. The Morgan fingerprint density at radius 2 is 1.37 bits per heavy atom. The van der Waals surface area contributed by atoms with Crippen molar-refractivity contribution < 1.29 is 24.2 Å². The fourth-order valence-corrected chi connectivity index (χ4v) is 2.60. The third kappa shape index (κ3) is 4.15. The van der Waals surface area contributed by atoms with Crippen molar-refractivity contribution in [3.63, 3.8) is 0 Å². The number of methoxy groups -OCH3 is 1. The fraction of sp³-hybridized carbons (Fsp3) is 0.0909. The quantitative estimate of drug-likeness (QED) is 0.642. The zero-order valence-electron chi connectivity index (χ0n) is 14.9. The lowest BCUT2D eigenvalue weighted by Crippen LogP contribution is -2.01. The van der Waals surface area contributed by atoms with Crippen LogP contribution in [0.5, 0.6) is 17.2 Å². The lowest BCUT2D eigenvalue weighted by atomic mass is 10.0. The molecular formula is C22H18O5. The third-order valence-corrected chi connectivity index (χ3v) is 4.07. The highest BCUT2D eigenvalue weighted by molar-refractivity contribution is 6.09. The first-order valence-corrected chi connectivity index (χ1v) is 8.28. The summed E-state index contributed by atoms with van der Waals surface area (Å²) in [7, 11) is 1.41. The molecule has 0 aliphatic carbocycles. The molecule has 3 aromatic carbocycles. The number of ketones is 1. The molecule has 0 radical (unpaired) electrons. The number of carboxylic acids is 1. The van der Waals surface area contributed by atoms with Crippen LogP contribution < -0.4 is 9.47 Å². The minimum Gasteiger partial charge on any atom is -0.496 e. The van der Waals surface area contributed by atoms with E-state index in [9.17, 15) is 14.7 Å². The molecule has 3 aromatic rings. The summed E-state index contributed by atoms with van der Waals surface area (Å²) in [6.45, 7) is 1.97.